The number of aliphatic imine (C=N–C) groups is 1. The molecule has 0 bridgehead atoms. The summed E-state index contributed by atoms with van der Waals surface area (Å²) in [5.41, 5.74) is 0. The number of likely N-dealkylation sites (tertiary alicyclic amines) is 1. The van der Waals surface area contributed by atoms with E-state index in [9.17, 15) is 8.42 Å². The number of nitrogens with zero attached hydrogens (tertiary/aromatic N) is 2. The van der Waals surface area contributed by atoms with Gasteiger partial charge in [-0.2, -0.15) is 0 Å². The van der Waals surface area contributed by atoms with Gasteiger partial charge in [-0.1, -0.05) is 12.8 Å². The molecule has 1 aliphatic heterocycles. The lowest BCUT2D eigenvalue weighted by molar-refractivity contribution is 0.299. The SMILES string of the molecule is CN=C(NCCS(C)(=O)=O)N1CC2CCCCC2C1. The van der Waals surface area contributed by atoms with Crippen molar-refractivity contribution in [3.63, 3.8) is 0 Å². The van der Waals surface area contributed by atoms with Gasteiger partial charge >= 0.3 is 0 Å². The fourth-order valence-corrected chi connectivity index (χ4v) is 3.73. The lowest BCUT2D eigenvalue weighted by atomic mass is 9.82. The predicted octanol–water partition coefficient (Wildman–Crippen LogP) is 0.728. The van der Waals surface area contributed by atoms with Gasteiger partial charge in [-0.15, -0.1) is 0 Å². The zero-order chi connectivity index (χ0) is 13.9. The Balaban J connectivity index is 1.85. The molecular formula is C13H25N3O2S. The Morgan fingerprint density at radius 1 is 1.26 bits per heavy atom. The van der Waals surface area contributed by atoms with Gasteiger partial charge in [0.25, 0.3) is 0 Å². The van der Waals surface area contributed by atoms with E-state index in [1.165, 1.54) is 31.9 Å². The highest BCUT2D eigenvalue weighted by Gasteiger charge is 2.35. The van der Waals surface area contributed by atoms with Crippen molar-refractivity contribution in [2.24, 2.45) is 16.8 Å². The summed E-state index contributed by atoms with van der Waals surface area (Å²) in [6.45, 7) is 2.59. The molecule has 1 aliphatic carbocycles. The van der Waals surface area contributed by atoms with Gasteiger partial charge in [-0.05, 0) is 24.7 Å². The molecule has 2 atom stereocenters. The Labute approximate surface area is 116 Å². The van der Waals surface area contributed by atoms with Gasteiger partial charge in [0.2, 0.25) is 0 Å². The summed E-state index contributed by atoms with van der Waals surface area (Å²) in [5.74, 6) is 2.63. The molecule has 2 rings (SSSR count). The van der Waals surface area contributed by atoms with E-state index in [-0.39, 0.29) is 5.75 Å². The molecule has 1 heterocycles. The molecule has 2 aliphatic rings. The van der Waals surface area contributed by atoms with Crippen molar-refractivity contribution < 1.29 is 8.42 Å². The van der Waals surface area contributed by atoms with E-state index >= 15 is 0 Å². The second-order valence-electron chi connectivity index (χ2n) is 5.81. The van der Waals surface area contributed by atoms with Crippen molar-refractivity contribution in [1.82, 2.24) is 10.2 Å². The van der Waals surface area contributed by atoms with E-state index in [0.29, 0.717) is 6.54 Å². The maximum atomic E-state index is 11.1. The van der Waals surface area contributed by atoms with Gasteiger partial charge in [0.05, 0.1) is 5.75 Å². The molecule has 6 heteroatoms. The second kappa shape index (κ2) is 6.11. The van der Waals surface area contributed by atoms with E-state index in [1.54, 1.807) is 7.05 Å². The van der Waals surface area contributed by atoms with Gasteiger partial charge in [0.1, 0.15) is 9.84 Å². The Morgan fingerprint density at radius 2 is 1.84 bits per heavy atom. The molecular weight excluding hydrogens is 262 g/mol. The molecule has 110 valence electrons. The molecule has 0 aromatic heterocycles. The summed E-state index contributed by atoms with van der Waals surface area (Å²) in [5, 5.41) is 3.17. The van der Waals surface area contributed by atoms with E-state index in [0.717, 1.165) is 30.9 Å². The standard InChI is InChI=1S/C13H25N3O2S/c1-14-13(15-7-8-19(2,17)18)16-9-11-5-3-4-6-12(11)10-16/h11-12H,3-10H2,1-2H3,(H,14,15). The predicted molar refractivity (Wildman–Crippen MR) is 78.1 cm³/mol. The Hall–Kier alpha value is -0.780. The van der Waals surface area contributed by atoms with Gasteiger partial charge in [-0.25, -0.2) is 8.42 Å². The summed E-state index contributed by atoms with van der Waals surface area (Å²) in [6.07, 6.45) is 6.65. The van der Waals surface area contributed by atoms with Crippen LogP contribution < -0.4 is 5.32 Å². The summed E-state index contributed by atoms with van der Waals surface area (Å²) < 4.78 is 22.3. The molecule has 0 amide bonds. The number of guanidine groups is 1. The van der Waals surface area contributed by atoms with Gasteiger partial charge < -0.3 is 10.2 Å². The molecule has 0 radical (unpaired) electrons. The maximum Gasteiger partial charge on any atom is 0.193 e. The first-order chi connectivity index (χ1) is 8.99. The molecule has 0 aromatic carbocycles. The van der Waals surface area contributed by atoms with Crippen LogP contribution in [0.3, 0.4) is 0 Å². The van der Waals surface area contributed by atoms with Crippen molar-refractivity contribution in [2.75, 3.05) is 38.7 Å². The van der Waals surface area contributed by atoms with Crippen molar-refractivity contribution in [3.05, 3.63) is 0 Å². The minimum absolute atomic E-state index is 0.159. The van der Waals surface area contributed by atoms with Crippen LogP contribution in [-0.2, 0) is 9.84 Å². The lowest BCUT2D eigenvalue weighted by Gasteiger charge is -2.22. The van der Waals surface area contributed by atoms with Crippen LogP contribution >= 0.6 is 0 Å². The average Bonchev–Trinajstić information content (AvgIpc) is 2.76. The Kier molecular flexibility index (Phi) is 4.71. The fraction of sp³-hybridized carbons (Fsp3) is 0.923. The Morgan fingerprint density at radius 3 is 2.32 bits per heavy atom. The summed E-state index contributed by atoms with van der Waals surface area (Å²) in [6, 6.07) is 0. The lowest BCUT2D eigenvalue weighted by Crippen LogP contribution is -2.42. The van der Waals surface area contributed by atoms with Crippen LogP contribution in [0.1, 0.15) is 25.7 Å². The van der Waals surface area contributed by atoms with Crippen LogP contribution in [-0.4, -0.2) is 58.0 Å². The minimum atomic E-state index is -2.91. The summed E-state index contributed by atoms with van der Waals surface area (Å²) in [4.78, 5) is 6.58. The van der Waals surface area contributed by atoms with E-state index in [2.05, 4.69) is 15.2 Å². The molecule has 5 nitrogen and oxygen atoms in total. The van der Waals surface area contributed by atoms with Crippen molar-refractivity contribution in [1.29, 1.82) is 0 Å². The first kappa shape index (κ1) is 14.6. The zero-order valence-corrected chi connectivity index (χ0v) is 12.7. The number of hydrogen-bond donors (Lipinski definition) is 1. The smallest absolute Gasteiger partial charge is 0.193 e. The average molecular weight is 287 g/mol. The molecule has 1 saturated carbocycles. The minimum Gasteiger partial charge on any atom is -0.355 e. The summed E-state index contributed by atoms with van der Waals surface area (Å²) >= 11 is 0. The first-order valence-corrected chi connectivity index (χ1v) is 9.19. The number of rotatable bonds is 3. The number of fused-ring (bicyclic) bond motifs is 1. The molecule has 1 saturated heterocycles. The number of hydrogen-bond acceptors (Lipinski definition) is 3. The highest BCUT2D eigenvalue weighted by molar-refractivity contribution is 7.90. The second-order valence-corrected chi connectivity index (χ2v) is 8.07. The monoisotopic (exact) mass is 287 g/mol. The van der Waals surface area contributed by atoms with Crippen LogP contribution in [0.2, 0.25) is 0 Å². The quantitative estimate of drug-likeness (QED) is 0.614. The Bertz CT molecular complexity index is 419. The van der Waals surface area contributed by atoms with Crippen LogP contribution in [0.5, 0.6) is 0 Å². The van der Waals surface area contributed by atoms with Crippen molar-refractivity contribution in [3.8, 4) is 0 Å². The third-order valence-corrected chi connectivity index (χ3v) is 5.19. The van der Waals surface area contributed by atoms with Crippen LogP contribution in [0.25, 0.3) is 0 Å². The molecule has 0 aromatic rings. The third-order valence-electron chi connectivity index (χ3n) is 4.24. The molecule has 2 fully saturated rings. The maximum absolute atomic E-state index is 11.1. The molecule has 2 unspecified atom stereocenters. The first-order valence-electron chi connectivity index (χ1n) is 7.13. The van der Waals surface area contributed by atoms with Gasteiger partial charge in [-0.3, -0.25) is 4.99 Å². The van der Waals surface area contributed by atoms with E-state index < -0.39 is 9.84 Å². The normalized spacial score (nSPS) is 28.3. The highest BCUT2D eigenvalue weighted by atomic mass is 32.2. The van der Waals surface area contributed by atoms with Gasteiger partial charge in [0.15, 0.2) is 5.96 Å². The van der Waals surface area contributed by atoms with E-state index in [1.807, 2.05) is 0 Å². The van der Waals surface area contributed by atoms with Crippen LogP contribution in [0.4, 0.5) is 0 Å². The summed E-state index contributed by atoms with van der Waals surface area (Å²) in [7, 11) is -1.14. The fourth-order valence-electron chi connectivity index (χ4n) is 3.26. The van der Waals surface area contributed by atoms with Crippen LogP contribution in [0, 0.1) is 11.8 Å². The number of sulfone groups is 1. The van der Waals surface area contributed by atoms with Crippen molar-refractivity contribution >= 4 is 15.8 Å². The molecule has 0 spiro atoms. The van der Waals surface area contributed by atoms with Crippen molar-refractivity contribution in [2.45, 2.75) is 25.7 Å². The van der Waals surface area contributed by atoms with Gasteiger partial charge in [0, 0.05) is 32.9 Å². The highest BCUT2D eigenvalue weighted by Crippen LogP contribution is 2.35. The zero-order valence-electron chi connectivity index (χ0n) is 11.9. The van der Waals surface area contributed by atoms with E-state index in [4.69, 9.17) is 0 Å². The number of nitrogens with one attached hydrogen (secondary N) is 1. The van der Waals surface area contributed by atoms with Crippen LogP contribution in [0.15, 0.2) is 4.99 Å². The topological polar surface area (TPSA) is 61.8 Å². The molecule has 19 heavy (non-hydrogen) atoms. The molecule has 1 N–H and O–H groups in total. The third kappa shape index (κ3) is 4.09. The largest absolute Gasteiger partial charge is 0.355 e.